The van der Waals surface area contributed by atoms with Gasteiger partial charge in [-0.15, -0.1) is 22.7 Å². The van der Waals surface area contributed by atoms with Gasteiger partial charge < -0.3 is 5.32 Å². The molecule has 162 valence electrons. The maximum absolute atomic E-state index is 12.7. The van der Waals surface area contributed by atoms with Crippen molar-refractivity contribution >= 4 is 90.8 Å². The van der Waals surface area contributed by atoms with Crippen molar-refractivity contribution in [2.75, 3.05) is 5.32 Å². The fraction of sp³-hybridized carbons (Fsp3) is 0.0455. The lowest BCUT2D eigenvalue weighted by Gasteiger charge is -2.07. The number of halogens is 3. The van der Waals surface area contributed by atoms with E-state index in [1.165, 1.54) is 22.7 Å². The summed E-state index contributed by atoms with van der Waals surface area (Å²) in [5.74, 6) is -0.675. The Morgan fingerprint density at radius 1 is 0.938 bits per heavy atom. The molecule has 2 N–H and O–H groups in total. The van der Waals surface area contributed by atoms with Gasteiger partial charge >= 0.3 is 0 Å². The van der Waals surface area contributed by atoms with E-state index in [4.69, 9.17) is 34.8 Å². The highest BCUT2D eigenvalue weighted by atomic mass is 35.5. The van der Waals surface area contributed by atoms with Gasteiger partial charge in [0, 0.05) is 15.8 Å². The van der Waals surface area contributed by atoms with Gasteiger partial charge in [-0.1, -0.05) is 53.0 Å². The molecule has 0 unspecified atom stereocenters. The first-order chi connectivity index (χ1) is 15.3. The lowest BCUT2D eigenvalue weighted by atomic mass is 10.1. The van der Waals surface area contributed by atoms with Crippen LogP contribution >= 0.6 is 57.5 Å². The van der Waals surface area contributed by atoms with Crippen LogP contribution in [0.15, 0.2) is 59.7 Å². The molecule has 0 spiro atoms. The van der Waals surface area contributed by atoms with E-state index in [-0.39, 0.29) is 5.91 Å². The minimum absolute atomic E-state index is 0.250. The van der Waals surface area contributed by atoms with E-state index in [1.807, 2.05) is 12.1 Å². The molecule has 0 aliphatic rings. The molecular formula is C22H14Cl3N3O2S2. The number of hydrogen-bond acceptors (Lipinski definition) is 5. The van der Waals surface area contributed by atoms with Crippen molar-refractivity contribution in [2.24, 2.45) is 5.10 Å². The largest absolute Gasteiger partial charge is 0.321 e. The predicted molar refractivity (Wildman–Crippen MR) is 135 cm³/mol. The molecule has 0 fully saturated rings. The molecule has 2 aromatic carbocycles. The Morgan fingerprint density at radius 2 is 1.72 bits per heavy atom. The summed E-state index contributed by atoms with van der Waals surface area (Å²) < 4.78 is 1.37. The number of amides is 2. The van der Waals surface area contributed by atoms with Crippen molar-refractivity contribution in [2.45, 2.75) is 6.92 Å². The van der Waals surface area contributed by atoms with Crippen LogP contribution in [0.4, 0.5) is 5.69 Å². The third-order valence-corrected chi connectivity index (χ3v) is 7.66. The first kappa shape index (κ1) is 22.8. The van der Waals surface area contributed by atoms with Crippen LogP contribution in [0.2, 0.25) is 14.4 Å². The van der Waals surface area contributed by atoms with Gasteiger partial charge in [0.25, 0.3) is 11.8 Å². The molecule has 2 aromatic heterocycles. The smallest absolute Gasteiger partial charge is 0.283 e. The summed E-state index contributed by atoms with van der Waals surface area (Å²) in [5, 5.41) is 8.47. The van der Waals surface area contributed by atoms with Gasteiger partial charge in [-0.2, -0.15) is 5.10 Å². The van der Waals surface area contributed by atoms with Crippen molar-refractivity contribution in [3.63, 3.8) is 0 Å². The molecule has 32 heavy (non-hydrogen) atoms. The lowest BCUT2D eigenvalue weighted by molar-refractivity contribution is 0.0958. The van der Waals surface area contributed by atoms with Gasteiger partial charge in [-0.3, -0.25) is 9.59 Å². The second-order valence-electron chi connectivity index (χ2n) is 6.63. The number of carbonyl (C=O) groups excluding carboxylic acids is 2. The Labute approximate surface area is 206 Å². The number of carbonyl (C=O) groups is 2. The summed E-state index contributed by atoms with van der Waals surface area (Å²) >= 11 is 20.9. The third-order valence-electron chi connectivity index (χ3n) is 4.47. The van der Waals surface area contributed by atoms with Crippen molar-refractivity contribution in [3.8, 4) is 0 Å². The van der Waals surface area contributed by atoms with Crippen LogP contribution in [0.3, 0.4) is 0 Å². The zero-order valence-electron chi connectivity index (χ0n) is 16.4. The topological polar surface area (TPSA) is 70.6 Å². The molecular weight excluding hydrogens is 509 g/mol. The van der Waals surface area contributed by atoms with Crippen LogP contribution in [-0.2, 0) is 0 Å². The highest BCUT2D eigenvalue weighted by Crippen LogP contribution is 2.39. The summed E-state index contributed by atoms with van der Waals surface area (Å²) in [6.07, 6.45) is 0. The standard InChI is InChI=1S/C22H14Cl3N3O2S2/c1-11(12-4-2-5-13(10-12)26-21(29)16-8-9-17(24)31-16)27-28-22(30)20-19(25)18-14(23)6-3-7-15(18)32-20/h2-10H,1H3,(H,26,29)(H,28,30)/b27-11+. The van der Waals surface area contributed by atoms with Gasteiger partial charge in [0.15, 0.2) is 0 Å². The van der Waals surface area contributed by atoms with E-state index in [0.29, 0.717) is 40.9 Å². The van der Waals surface area contributed by atoms with E-state index in [2.05, 4.69) is 15.8 Å². The molecule has 0 bridgehead atoms. The van der Waals surface area contributed by atoms with E-state index in [0.717, 1.165) is 10.3 Å². The Balaban J connectivity index is 1.49. The quantitative estimate of drug-likeness (QED) is 0.213. The van der Waals surface area contributed by atoms with Crippen molar-refractivity contribution < 1.29 is 9.59 Å². The average Bonchev–Trinajstić information content (AvgIpc) is 3.36. The number of hydrogen-bond donors (Lipinski definition) is 2. The first-order valence-corrected chi connectivity index (χ1v) is 12.0. The van der Waals surface area contributed by atoms with Crippen molar-refractivity contribution in [3.05, 3.63) is 84.3 Å². The number of benzene rings is 2. The van der Waals surface area contributed by atoms with Crippen LogP contribution in [0.5, 0.6) is 0 Å². The number of fused-ring (bicyclic) bond motifs is 1. The highest BCUT2D eigenvalue weighted by molar-refractivity contribution is 7.21. The number of anilines is 1. The molecule has 10 heteroatoms. The number of nitrogens with one attached hydrogen (secondary N) is 2. The number of thiophene rings is 2. The van der Waals surface area contributed by atoms with Gasteiger partial charge in [0.05, 0.1) is 25.0 Å². The van der Waals surface area contributed by atoms with E-state index in [1.54, 1.807) is 49.4 Å². The molecule has 0 aliphatic carbocycles. The van der Waals surface area contributed by atoms with Crippen molar-refractivity contribution in [1.82, 2.24) is 5.43 Å². The molecule has 0 aliphatic heterocycles. The maximum atomic E-state index is 12.7. The zero-order chi connectivity index (χ0) is 22.8. The van der Waals surface area contributed by atoms with Gasteiger partial charge in [-0.05, 0) is 48.9 Å². The SMILES string of the molecule is C/C(=N\NC(=O)c1sc2cccc(Cl)c2c1Cl)c1cccc(NC(=O)c2ccc(Cl)s2)c1. The second kappa shape index (κ2) is 9.60. The Hall–Kier alpha value is -2.42. The molecule has 0 saturated carbocycles. The number of rotatable bonds is 5. The molecule has 0 atom stereocenters. The number of hydrazone groups is 1. The molecule has 4 rings (SSSR count). The molecule has 0 saturated heterocycles. The Bertz CT molecular complexity index is 1380. The van der Waals surface area contributed by atoms with Gasteiger partial charge in [0.1, 0.15) is 4.88 Å². The first-order valence-electron chi connectivity index (χ1n) is 9.21. The van der Waals surface area contributed by atoms with Crippen LogP contribution in [0.1, 0.15) is 31.8 Å². The highest BCUT2D eigenvalue weighted by Gasteiger charge is 2.18. The minimum atomic E-state index is -0.425. The predicted octanol–water partition coefficient (Wildman–Crippen LogP) is 7.33. The molecule has 2 heterocycles. The third kappa shape index (κ3) is 4.82. The summed E-state index contributed by atoms with van der Waals surface area (Å²) in [6, 6.07) is 15.9. The van der Waals surface area contributed by atoms with Crippen LogP contribution in [-0.4, -0.2) is 17.5 Å². The van der Waals surface area contributed by atoms with E-state index < -0.39 is 5.91 Å². The van der Waals surface area contributed by atoms with Crippen molar-refractivity contribution in [1.29, 1.82) is 0 Å². The monoisotopic (exact) mass is 521 g/mol. The normalized spacial score (nSPS) is 11.6. The Kier molecular flexibility index (Phi) is 6.83. The van der Waals surface area contributed by atoms with Gasteiger partial charge in [0.2, 0.25) is 0 Å². The molecule has 5 nitrogen and oxygen atoms in total. The fourth-order valence-corrected chi connectivity index (χ4v) is 5.70. The fourth-order valence-electron chi connectivity index (χ4n) is 2.92. The van der Waals surface area contributed by atoms with Crippen LogP contribution in [0, 0.1) is 0 Å². The molecule has 2 amide bonds. The maximum Gasteiger partial charge on any atom is 0.283 e. The molecule has 0 radical (unpaired) electrons. The molecule has 4 aromatic rings. The van der Waals surface area contributed by atoms with Crippen LogP contribution in [0.25, 0.3) is 10.1 Å². The van der Waals surface area contributed by atoms with Crippen LogP contribution < -0.4 is 10.7 Å². The summed E-state index contributed by atoms with van der Waals surface area (Å²) in [6.45, 7) is 1.75. The summed E-state index contributed by atoms with van der Waals surface area (Å²) in [7, 11) is 0. The van der Waals surface area contributed by atoms with E-state index in [9.17, 15) is 9.59 Å². The van der Waals surface area contributed by atoms with E-state index >= 15 is 0 Å². The summed E-state index contributed by atoms with van der Waals surface area (Å²) in [5.41, 5.74) is 4.43. The lowest BCUT2D eigenvalue weighted by Crippen LogP contribution is -2.18. The second-order valence-corrected chi connectivity index (χ2v) is 10.2. The van der Waals surface area contributed by atoms with Gasteiger partial charge in [-0.25, -0.2) is 5.43 Å². The minimum Gasteiger partial charge on any atom is -0.321 e. The average molecular weight is 523 g/mol. The Morgan fingerprint density at radius 3 is 2.44 bits per heavy atom. The summed E-state index contributed by atoms with van der Waals surface area (Å²) in [4.78, 5) is 25.8. The number of nitrogens with zero attached hydrogens (tertiary/aromatic N) is 1. The zero-order valence-corrected chi connectivity index (χ0v) is 20.3.